The molecule has 142 valence electrons. The molecule has 0 atom stereocenters. The molecule has 5 aromatic rings. The molecule has 0 spiro atoms. The molecule has 0 saturated carbocycles. The highest BCUT2D eigenvalue weighted by molar-refractivity contribution is 9.10. The van der Waals surface area contributed by atoms with E-state index in [1.165, 1.54) is 23.3 Å². The number of aryl methyl sites for hydroxylation is 2. The number of rotatable bonds is 2. The summed E-state index contributed by atoms with van der Waals surface area (Å²) in [6.07, 6.45) is 1.83. The highest BCUT2D eigenvalue weighted by Crippen LogP contribution is 2.35. The van der Waals surface area contributed by atoms with E-state index in [0.717, 1.165) is 43.2 Å². The molecule has 0 bridgehead atoms. The Morgan fingerprint density at radius 1 is 0.897 bits per heavy atom. The molecule has 29 heavy (non-hydrogen) atoms. The Kier molecular flexibility index (Phi) is 4.21. The van der Waals surface area contributed by atoms with Crippen LogP contribution in [-0.4, -0.2) is 14.8 Å². The van der Waals surface area contributed by atoms with Gasteiger partial charge >= 0.3 is 0 Å². The third-order valence-electron chi connectivity index (χ3n) is 5.30. The number of aromatic nitrogens is 3. The zero-order valence-corrected chi connectivity index (χ0v) is 17.5. The van der Waals surface area contributed by atoms with Gasteiger partial charge in [0.05, 0.1) is 16.7 Å². The maximum Gasteiger partial charge on any atom is 0.124 e. The Labute approximate surface area is 175 Å². The van der Waals surface area contributed by atoms with Crippen LogP contribution in [0.2, 0.25) is 0 Å². The van der Waals surface area contributed by atoms with Gasteiger partial charge in [0.1, 0.15) is 11.5 Å². The predicted molar refractivity (Wildman–Crippen MR) is 119 cm³/mol. The van der Waals surface area contributed by atoms with Crippen molar-refractivity contribution in [2.45, 2.75) is 13.8 Å². The van der Waals surface area contributed by atoms with Gasteiger partial charge in [-0.2, -0.15) is 5.10 Å². The molecule has 0 fully saturated rings. The lowest BCUT2D eigenvalue weighted by atomic mass is 10.1. The largest absolute Gasteiger partial charge is 0.255 e. The number of hydrogen-bond acceptors (Lipinski definition) is 2. The van der Waals surface area contributed by atoms with E-state index in [0.29, 0.717) is 0 Å². The number of benzene rings is 3. The zero-order valence-electron chi connectivity index (χ0n) is 15.9. The molecule has 0 amide bonds. The molecule has 5 rings (SSSR count). The van der Waals surface area contributed by atoms with E-state index >= 15 is 0 Å². The first kappa shape index (κ1) is 18.0. The quantitative estimate of drug-likeness (QED) is 0.300. The van der Waals surface area contributed by atoms with Crippen LogP contribution in [0.3, 0.4) is 0 Å². The Morgan fingerprint density at radius 3 is 2.55 bits per heavy atom. The van der Waals surface area contributed by atoms with Gasteiger partial charge in [-0.1, -0.05) is 34.1 Å². The summed E-state index contributed by atoms with van der Waals surface area (Å²) in [5.74, 6) is -0.288. The third-order valence-corrected chi connectivity index (χ3v) is 5.79. The predicted octanol–water partition coefficient (Wildman–Crippen LogP) is 6.76. The summed E-state index contributed by atoms with van der Waals surface area (Å²) >= 11 is 3.54. The van der Waals surface area contributed by atoms with Gasteiger partial charge in [0.15, 0.2) is 0 Å². The first-order valence-electron chi connectivity index (χ1n) is 9.32. The molecule has 0 aliphatic rings. The summed E-state index contributed by atoms with van der Waals surface area (Å²) in [5, 5.41) is 6.59. The molecule has 0 unspecified atom stereocenters. The first-order valence-corrected chi connectivity index (χ1v) is 10.1. The van der Waals surface area contributed by atoms with Crippen molar-refractivity contribution in [1.82, 2.24) is 14.8 Å². The van der Waals surface area contributed by atoms with E-state index in [1.807, 2.05) is 41.2 Å². The smallest absolute Gasteiger partial charge is 0.124 e. The van der Waals surface area contributed by atoms with E-state index in [9.17, 15) is 4.39 Å². The maximum atomic E-state index is 14.1. The summed E-state index contributed by atoms with van der Waals surface area (Å²) < 4.78 is 17.0. The summed E-state index contributed by atoms with van der Waals surface area (Å²) in [6.45, 7) is 4.17. The van der Waals surface area contributed by atoms with Crippen molar-refractivity contribution in [3.8, 4) is 16.9 Å². The molecule has 5 heteroatoms. The highest BCUT2D eigenvalue weighted by Gasteiger charge is 2.18. The molecule has 3 aromatic carbocycles. The molecule has 2 heterocycles. The van der Waals surface area contributed by atoms with Gasteiger partial charge in [0.25, 0.3) is 0 Å². The van der Waals surface area contributed by atoms with Crippen molar-refractivity contribution in [1.29, 1.82) is 0 Å². The standard InChI is InChI=1S/C24H17BrFN3/c1-14-6-8-19(10-15(14)2)29-24-20-12-18(26)7-9-22(20)27-13-21(24)23(28-29)16-4-3-5-17(25)11-16/h3-13H,1-2H3. The van der Waals surface area contributed by atoms with Gasteiger partial charge < -0.3 is 0 Å². The fourth-order valence-corrected chi connectivity index (χ4v) is 4.05. The zero-order chi connectivity index (χ0) is 20.1. The average Bonchev–Trinajstić information content (AvgIpc) is 3.10. The van der Waals surface area contributed by atoms with Gasteiger partial charge in [0.2, 0.25) is 0 Å². The van der Waals surface area contributed by atoms with Crippen LogP contribution in [0, 0.1) is 19.7 Å². The first-order chi connectivity index (χ1) is 14.0. The molecule has 0 saturated heterocycles. The van der Waals surface area contributed by atoms with Crippen molar-refractivity contribution in [3.63, 3.8) is 0 Å². The van der Waals surface area contributed by atoms with Crippen LogP contribution in [0.4, 0.5) is 4.39 Å². The molecule has 3 nitrogen and oxygen atoms in total. The number of nitrogens with zero attached hydrogens (tertiary/aromatic N) is 3. The fourth-order valence-electron chi connectivity index (χ4n) is 3.65. The molecule has 0 aliphatic heterocycles. The summed E-state index contributed by atoms with van der Waals surface area (Å²) in [6, 6.07) is 18.9. The van der Waals surface area contributed by atoms with Gasteiger partial charge in [-0.05, 0) is 67.4 Å². The van der Waals surface area contributed by atoms with Crippen molar-refractivity contribution in [2.75, 3.05) is 0 Å². The lowest BCUT2D eigenvalue weighted by Crippen LogP contribution is -1.98. The van der Waals surface area contributed by atoms with Crippen molar-refractivity contribution in [3.05, 3.63) is 88.3 Å². The normalized spacial score (nSPS) is 11.4. The Balaban J connectivity index is 1.92. The number of halogens is 2. The van der Waals surface area contributed by atoms with Crippen LogP contribution in [0.1, 0.15) is 11.1 Å². The van der Waals surface area contributed by atoms with Crippen LogP contribution in [0.15, 0.2) is 71.3 Å². The minimum absolute atomic E-state index is 0.288. The van der Waals surface area contributed by atoms with Crippen LogP contribution < -0.4 is 0 Å². The summed E-state index contributed by atoms with van der Waals surface area (Å²) in [4.78, 5) is 4.57. The maximum absolute atomic E-state index is 14.1. The van der Waals surface area contributed by atoms with Gasteiger partial charge in [-0.25, -0.2) is 9.07 Å². The summed E-state index contributed by atoms with van der Waals surface area (Å²) in [5.41, 5.74) is 6.73. The second kappa shape index (κ2) is 6.78. The average molecular weight is 446 g/mol. The minimum Gasteiger partial charge on any atom is -0.255 e. The molecule has 0 N–H and O–H groups in total. The van der Waals surface area contributed by atoms with E-state index in [1.54, 1.807) is 6.07 Å². The minimum atomic E-state index is -0.288. The van der Waals surface area contributed by atoms with E-state index in [4.69, 9.17) is 5.10 Å². The van der Waals surface area contributed by atoms with Gasteiger partial charge in [0, 0.05) is 27.0 Å². The SMILES string of the molecule is Cc1ccc(-n2nc(-c3cccc(Br)c3)c3cnc4ccc(F)cc4c32)cc1C. The van der Waals surface area contributed by atoms with E-state index < -0.39 is 0 Å². The van der Waals surface area contributed by atoms with Crippen molar-refractivity contribution in [2.24, 2.45) is 0 Å². The second-order valence-corrected chi connectivity index (χ2v) is 8.14. The topological polar surface area (TPSA) is 30.7 Å². The van der Waals surface area contributed by atoms with Crippen LogP contribution in [0.25, 0.3) is 38.8 Å². The van der Waals surface area contributed by atoms with Crippen molar-refractivity contribution < 1.29 is 4.39 Å². The second-order valence-electron chi connectivity index (χ2n) is 7.22. The molecule has 0 aliphatic carbocycles. The monoisotopic (exact) mass is 445 g/mol. The Morgan fingerprint density at radius 2 is 1.76 bits per heavy atom. The number of fused-ring (bicyclic) bond motifs is 3. The summed E-state index contributed by atoms with van der Waals surface area (Å²) in [7, 11) is 0. The van der Waals surface area contributed by atoms with Crippen molar-refractivity contribution >= 4 is 37.7 Å². The van der Waals surface area contributed by atoms with Crippen LogP contribution >= 0.6 is 15.9 Å². The van der Waals surface area contributed by atoms with Crippen LogP contribution in [-0.2, 0) is 0 Å². The van der Waals surface area contributed by atoms with Gasteiger partial charge in [-0.3, -0.25) is 4.98 Å². The lowest BCUT2D eigenvalue weighted by molar-refractivity contribution is 0.629. The molecule has 2 aromatic heterocycles. The van der Waals surface area contributed by atoms with E-state index in [-0.39, 0.29) is 5.82 Å². The van der Waals surface area contributed by atoms with Gasteiger partial charge in [-0.15, -0.1) is 0 Å². The molecule has 0 radical (unpaired) electrons. The van der Waals surface area contributed by atoms with E-state index in [2.05, 4.69) is 46.9 Å². The third kappa shape index (κ3) is 3.02. The lowest BCUT2D eigenvalue weighted by Gasteiger charge is -2.08. The fraction of sp³-hybridized carbons (Fsp3) is 0.0833. The molecular formula is C24H17BrFN3. The molecular weight excluding hydrogens is 429 g/mol. The number of hydrogen-bond donors (Lipinski definition) is 0. The Bertz CT molecular complexity index is 1400. The Hall–Kier alpha value is -3.05. The number of pyridine rings is 1. The van der Waals surface area contributed by atoms with Crippen LogP contribution in [0.5, 0.6) is 0 Å². The highest BCUT2D eigenvalue weighted by atomic mass is 79.9.